The molecule has 2 aromatic rings. The number of pyridine rings is 1. The predicted octanol–water partition coefficient (Wildman–Crippen LogP) is 1.07. The normalized spacial score (nSPS) is 10.7. The van der Waals surface area contributed by atoms with Gasteiger partial charge in [-0.3, -0.25) is 0 Å². The van der Waals surface area contributed by atoms with Crippen LogP contribution in [0.15, 0.2) is 30.9 Å². The van der Waals surface area contributed by atoms with Gasteiger partial charge in [0.2, 0.25) is 5.88 Å². The molecule has 0 bridgehead atoms. The van der Waals surface area contributed by atoms with Crippen molar-refractivity contribution in [3.8, 4) is 5.88 Å². The van der Waals surface area contributed by atoms with Crippen LogP contribution in [-0.4, -0.2) is 41.9 Å². The summed E-state index contributed by atoms with van der Waals surface area (Å²) in [6.07, 6.45) is 5.52. The monoisotopic (exact) mass is 276 g/mol. The number of hydrogen-bond acceptors (Lipinski definition) is 5. The first-order valence-corrected chi connectivity index (χ1v) is 6.51. The van der Waals surface area contributed by atoms with Gasteiger partial charge in [-0.2, -0.15) is 0 Å². The fourth-order valence-corrected chi connectivity index (χ4v) is 1.85. The van der Waals surface area contributed by atoms with E-state index in [0.717, 1.165) is 30.9 Å². The van der Waals surface area contributed by atoms with Gasteiger partial charge in [0.1, 0.15) is 0 Å². The molecular weight excluding hydrogens is 256 g/mol. The van der Waals surface area contributed by atoms with Gasteiger partial charge in [-0.05, 0) is 5.56 Å². The fourth-order valence-electron chi connectivity index (χ4n) is 1.85. The average molecular weight is 276 g/mol. The van der Waals surface area contributed by atoms with E-state index in [1.165, 1.54) is 0 Å². The molecule has 0 radical (unpaired) electrons. The van der Waals surface area contributed by atoms with Crippen LogP contribution in [0.2, 0.25) is 0 Å². The summed E-state index contributed by atoms with van der Waals surface area (Å²) in [6, 6.07) is 3.87. The van der Waals surface area contributed by atoms with Crippen LogP contribution < -0.4 is 10.1 Å². The van der Waals surface area contributed by atoms with Crippen molar-refractivity contribution >= 4 is 0 Å². The van der Waals surface area contributed by atoms with Crippen molar-refractivity contribution in [2.45, 2.75) is 13.1 Å². The van der Waals surface area contributed by atoms with E-state index in [2.05, 4.69) is 19.9 Å². The second-order valence-corrected chi connectivity index (χ2v) is 4.39. The first-order valence-electron chi connectivity index (χ1n) is 6.51. The number of methoxy groups -OCH3 is 2. The van der Waals surface area contributed by atoms with Crippen LogP contribution in [0.5, 0.6) is 5.88 Å². The molecule has 2 heterocycles. The molecule has 0 unspecified atom stereocenters. The molecule has 0 aliphatic carbocycles. The Morgan fingerprint density at radius 2 is 2.15 bits per heavy atom. The van der Waals surface area contributed by atoms with Gasteiger partial charge in [-0.25, -0.2) is 9.97 Å². The van der Waals surface area contributed by atoms with Crippen molar-refractivity contribution in [1.82, 2.24) is 19.9 Å². The maximum atomic E-state index is 5.05. The van der Waals surface area contributed by atoms with E-state index in [9.17, 15) is 0 Å². The lowest BCUT2D eigenvalue weighted by molar-refractivity contribution is 0.199. The Hall–Kier alpha value is -1.92. The summed E-state index contributed by atoms with van der Waals surface area (Å²) in [5.74, 6) is 0.626. The van der Waals surface area contributed by atoms with E-state index in [1.54, 1.807) is 14.2 Å². The summed E-state index contributed by atoms with van der Waals surface area (Å²) < 4.78 is 12.2. The Labute approximate surface area is 118 Å². The molecule has 0 aromatic carbocycles. The van der Waals surface area contributed by atoms with Crippen molar-refractivity contribution in [3.05, 3.63) is 42.1 Å². The van der Waals surface area contributed by atoms with E-state index < -0.39 is 0 Å². The van der Waals surface area contributed by atoms with E-state index in [-0.39, 0.29) is 0 Å². The van der Waals surface area contributed by atoms with Gasteiger partial charge in [0.05, 0.1) is 32.3 Å². The maximum absolute atomic E-state index is 5.05. The standard InChI is InChI=1S/C14H20N4O2/c1-19-6-5-15-8-13-9-16-11-18(13)10-12-3-4-14(20-2)17-7-12/h3-4,7,9,11,15H,5-6,8,10H2,1-2H3. The molecule has 6 heteroatoms. The van der Waals surface area contributed by atoms with Crippen LogP contribution in [0.25, 0.3) is 0 Å². The highest BCUT2D eigenvalue weighted by Gasteiger charge is 2.03. The number of aromatic nitrogens is 3. The van der Waals surface area contributed by atoms with Crippen molar-refractivity contribution < 1.29 is 9.47 Å². The second-order valence-electron chi connectivity index (χ2n) is 4.39. The number of imidazole rings is 1. The molecule has 20 heavy (non-hydrogen) atoms. The Morgan fingerprint density at radius 3 is 2.85 bits per heavy atom. The molecule has 0 saturated heterocycles. The quantitative estimate of drug-likeness (QED) is 0.731. The minimum Gasteiger partial charge on any atom is -0.481 e. The van der Waals surface area contributed by atoms with Gasteiger partial charge < -0.3 is 19.4 Å². The largest absolute Gasteiger partial charge is 0.481 e. The molecule has 0 aliphatic rings. The van der Waals surface area contributed by atoms with Gasteiger partial charge in [0.15, 0.2) is 0 Å². The predicted molar refractivity (Wildman–Crippen MR) is 75.7 cm³/mol. The molecule has 6 nitrogen and oxygen atoms in total. The molecule has 0 spiro atoms. The molecule has 0 amide bonds. The Balaban J connectivity index is 1.93. The highest BCUT2D eigenvalue weighted by atomic mass is 16.5. The van der Waals surface area contributed by atoms with Crippen LogP contribution in [-0.2, 0) is 17.8 Å². The van der Waals surface area contributed by atoms with Gasteiger partial charge in [-0.15, -0.1) is 0 Å². The van der Waals surface area contributed by atoms with Crippen molar-refractivity contribution in [2.75, 3.05) is 27.4 Å². The van der Waals surface area contributed by atoms with Crippen molar-refractivity contribution in [1.29, 1.82) is 0 Å². The SMILES string of the molecule is COCCNCc1cncn1Cc1ccc(OC)nc1. The minimum atomic E-state index is 0.626. The Kier molecular flexibility index (Phi) is 5.52. The molecule has 2 rings (SSSR count). The molecule has 0 fully saturated rings. The van der Waals surface area contributed by atoms with E-state index in [4.69, 9.17) is 9.47 Å². The summed E-state index contributed by atoms with van der Waals surface area (Å²) in [5.41, 5.74) is 2.25. The van der Waals surface area contributed by atoms with Crippen LogP contribution in [0.4, 0.5) is 0 Å². The third-order valence-corrected chi connectivity index (χ3v) is 2.95. The molecule has 1 N–H and O–H groups in total. The number of rotatable bonds is 8. The summed E-state index contributed by atoms with van der Waals surface area (Å²) in [4.78, 5) is 8.40. The lowest BCUT2D eigenvalue weighted by Crippen LogP contribution is -2.20. The fraction of sp³-hybridized carbons (Fsp3) is 0.429. The van der Waals surface area contributed by atoms with E-state index in [1.807, 2.05) is 30.9 Å². The smallest absolute Gasteiger partial charge is 0.212 e. The molecule has 0 atom stereocenters. The number of ether oxygens (including phenoxy) is 2. The van der Waals surface area contributed by atoms with E-state index >= 15 is 0 Å². The van der Waals surface area contributed by atoms with Gasteiger partial charge in [-0.1, -0.05) is 6.07 Å². The zero-order valence-corrected chi connectivity index (χ0v) is 11.9. The van der Waals surface area contributed by atoms with Crippen LogP contribution in [0.1, 0.15) is 11.3 Å². The minimum absolute atomic E-state index is 0.626. The summed E-state index contributed by atoms with van der Waals surface area (Å²) in [5, 5.41) is 3.31. The zero-order chi connectivity index (χ0) is 14.2. The van der Waals surface area contributed by atoms with Crippen LogP contribution in [0.3, 0.4) is 0 Å². The van der Waals surface area contributed by atoms with Crippen molar-refractivity contribution in [3.63, 3.8) is 0 Å². The first-order chi connectivity index (χ1) is 9.83. The molecule has 0 saturated carbocycles. The van der Waals surface area contributed by atoms with Gasteiger partial charge in [0, 0.05) is 38.7 Å². The average Bonchev–Trinajstić information content (AvgIpc) is 2.92. The summed E-state index contributed by atoms with van der Waals surface area (Å²) in [7, 11) is 3.31. The summed E-state index contributed by atoms with van der Waals surface area (Å²) in [6.45, 7) is 3.05. The van der Waals surface area contributed by atoms with Gasteiger partial charge >= 0.3 is 0 Å². The molecule has 0 aliphatic heterocycles. The highest BCUT2D eigenvalue weighted by Crippen LogP contribution is 2.09. The van der Waals surface area contributed by atoms with Crippen LogP contribution in [0, 0.1) is 0 Å². The molecule has 2 aromatic heterocycles. The number of nitrogens with zero attached hydrogens (tertiary/aromatic N) is 3. The lowest BCUT2D eigenvalue weighted by Gasteiger charge is -2.09. The molecule has 108 valence electrons. The van der Waals surface area contributed by atoms with Crippen LogP contribution >= 0.6 is 0 Å². The topological polar surface area (TPSA) is 61.2 Å². The first kappa shape index (κ1) is 14.5. The summed E-state index contributed by atoms with van der Waals surface area (Å²) >= 11 is 0. The zero-order valence-electron chi connectivity index (χ0n) is 11.9. The lowest BCUT2D eigenvalue weighted by atomic mass is 10.3. The van der Waals surface area contributed by atoms with Crippen molar-refractivity contribution in [2.24, 2.45) is 0 Å². The second kappa shape index (κ2) is 7.62. The van der Waals surface area contributed by atoms with E-state index in [0.29, 0.717) is 12.5 Å². The maximum Gasteiger partial charge on any atom is 0.212 e. The van der Waals surface area contributed by atoms with Gasteiger partial charge in [0.25, 0.3) is 0 Å². The third kappa shape index (κ3) is 4.04. The number of hydrogen-bond donors (Lipinski definition) is 1. The molecular formula is C14H20N4O2. The number of nitrogens with one attached hydrogen (secondary N) is 1. The Bertz CT molecular complexity index is 510. The Morgan fingerprint density at radius 1 is 1.25 bits per heavy atom. The highest BCUT2D eigenvalue weighted by molar-refractivity contribution is 5.18. The third-order valence-electron chi connectivity index (χ3n) is 2.95.